The molecule has 0 saturated carbocycles. The van der Waals surface area contributed by atoms with Crippen LogP contribution in [-0.2, 0) is 9.47 Å². The van der Waals surface area contributed by atoms with Crippen molar-refractivity contribution in [1.29, 1.82) is 0 Å². The lowest BCUT2D eigenvalue weighted by molar-refractivity contribution is -0.152. The van der Waals surface area contributed by atoms with Crippen LogP contribution in [0.1, 0.15) is 31.9 Å². The summed E-state index contributed by atoms with van der Waals surface area (Å²) in [7, 11) is 0. The van der Waals surface area contributed by atoms with Gasteiger partial charge < -0.3 is 19.3 Å². The molecule has 1 aromatic carbocycles. The van der Waals surface area contributed by atoms with Gasteiger partial charge in [0, 0.05) is 12.0 Å². The zero-order valence-corrected chi connectivity index (χ0v) is 10.9. The first-order valence-corrected chi connectivity index (χ1v) is 6.40. The summed E-state index contributed by atoms with van der Waals surface area (Å²) < 4.78 is 30.2. The van der Waals surface area contributed by atoms with Gasteiger partial charge >= 0.3 is 0 Å². The molecule has 4 nitrogen and oxygen atoms in total. The van der Waals surface area contributed by atoms with Crippen LogP contribution >= 0.6 is 0 Å². The molecule has 0 spiro atoms. The molecule has 1 aromatic rings. The van der Waals surface area contributed by atoms with Gasteiger partial charge in [-0.2, -0.15) is 0 Å². The summed E-state index contributed by atoms with van der Waals surface area (Å²) >= 11 is 0. The number of hydrogen-bond donors (Lipinski definition) is 1. The van der Waals surface area contributed by atoms with E-state index in [0.717, 1.165) is 0 Å². The lowest BCUT2D eigenvalue weighted by atomic mass is 9.96. The largest absolute Gasteiger partial charge is 0.487 e. The highest BCUT2D eigenvalue weighted by atomic mass is 19.1. The van der Waals surface area contributed by atoms with Crippen molar-refractivity contribution in [3.8, 4) is 5.75 Å². The molecule has 1 saturated heterocycles. The van der Waals surface area contributed by atoms with Crippen molar-refractivity contribution in [3.05, 3.63) is 29.6 Å². The number of hydrogen-bond acceptors (Lipinski definition) is 4. The first-order valence-electron chi connectivity index (χ1n) is 6.40. The van der Waals surface area contributed by atoms with Crippen LogP contribution < -0.4 is 4.74 Å². The van der Waals surface area contributed by atoms with Gasteiger partial charge in [-0.3, -0.25) is 0 Å². The highest BCUT2D eigenvalue weighted by Crippen LogP contribution is 2.38. The molecule has 2 aliphatic rings. The van der Waals surface area contributed by atoms with E-state index in [0.29, 0.717) is 24.3 Å². The maximum atomic E-state index is 13.2. The van der Waals surface area contributed by atoms with Crippen molar-refractivity contribution in [1.82, 2.24) is 0 Å². The van der Waals surface area contributed by atoms with Crippen LogP contribution in [0.4, 0.5) is 4.39 Å². The molecule has 1 N–H and O–H groups in total. The second kappa shape index (κ2) is 4.44. The van der Waals surface area contributed by atoms with Gasteiger partial charge in [-0.15, -0.1) is 0 Å². The molecule has 0 aliphatic carbocycles. The van der Waals surface area contributed by atoms with Crippen LogP contribution in [0.25, 0.3) is 0 Å². The number of aliphatic hydroxyl groups excluding tert-OH is 1. The first kappa shape index (κ1) is 12.8. The summed E-state index contributed by atoms with van der Waals surface area (Å²) in [5, 5.41) is 10.1. The van der Waals surface area contributed by atoms with Gasteiger partial charge in [0.2, 0.25) is 0 Å². The van der Waals surface area contributed by atoms with Gasteiger partial charge in [0.15, 0.2) is 5.79 Å². The minimum absolute atomic E-state index is 0.220. The van der Waals surface area contributed by atoms with Crippen molar-refractivity contribution >= 4 is 0 Å². The van der Waals surface area contributed by atoms with E-state index in [9.17, 15) is 9.50 Å². The van der Waals surface area contributed by atoms with Crippen molar-refractivity contribution in [2.24, 2.45) is 0 Å². The van der Waals surface area contributed by atoms with E-state index in [1.165, 1.54) is 12.1 Å². The highest BCUT2D eigenvalue weighted by molar-refractivity contribution is 5.37. The Labute approximate surface area is 111 Å². The average molecular weight is 268 g/mol. The summed E-state index contributed by atoms with van der Waals surface area (Å²) in [5.74, 6) is -0.484. The molecule has 3 rings (SSSR count). The quantitative estimate of drug-likeness (QED) is 0.848. The zero-order valence-electron chi connectivity index (χ0n) is 10.9. The van der Waals surface area contributed by atoms with E-state index in [-0.39, 0.29) is 18.0 Å². The second-order valence-electron chi connectivity index (χ2n) is 5.46. The molecule has 0 radical (unpaired) electrons. The van der Waals surface area contributed by atoms with Gasteiger partial charge in [-0.05, 0) is 32.0 Å². The van der Waals surface area contributed by atoms with Crippen LogP contribution in [-0.4, -0.2) is 29.7 Å². The van der Waals surface area contributed by atoms with Crippen molar-refractivity contribution < 1.29 is 23.7 Å². The minimum atomic E-state index is -0.739. The van der Waals surface area contributed by atoms with Crippen molar-refractivity contribution in [3.63, 3.8) is 0 Å². The fourth-order valence-electron chi connectivity index (χ4n) is 2.57. The van der Waals surface area contributed by atoms with E-state index in [4.69, 9.17) is 14.2 Å². The maximum absolute atomic E-state index is 13.2. The predicted octanol–water partition coefficient (Wildman–Crippen LogP) is 2.16. The zero-order chi connectivity index (χ0) is 13.6. The smallest absolute Gasteiger partial charge is 0.163 e. The number of benzene rings is 1. The Bertz CT molecular complexity index is 488. The average Bonchev–Trinajstić information content (AvgIpc) is 2.70. The minimum Gasteiger partial charge on any atom is -0.487 e. The molecule has 5 heteroatoms. The summed E-state index contributed by atoms with van der Waals surface area (Å²) in [4.78, 5) is 0. The van der Waals surface area contributed by atoms with Crippen molar-refractivity contribution in [2.75, 3.05) is 6.61 Å². The fraction of sp³-hybridized carbons (Fsp3) is 0.571. The molecule has 0 aromatic heterocycles. The third-order valence-electron chi connectivity index (χ3n) is 3.51. The lowest BCUT2D eigenvalue weighted by Gasteiger charge is -2.32. The SMILES string of the molecule is CC1(C)OC[C@@H]([C@@H]2C[C@H](O)c3cc(F)ccc3O2)O1. The van der Waals surface area contributed by atoms with Gasteiger partial charge in [0.25, 0.3) is 0 Å². The van der Waals surface area contributed by atoms with Crippen LogP contribution in [0.15, 0.2) is 18.2 Å². The molecule has 0 unspecified atom stereocenters. The van der Waals surface area contributed by atoms with Gasteiger partial charge in [0.05, 0.1) is 12.7 Å². The number of aliphatic hydroxyl groups is 1. The van der Waals surface area contributed by atoms with Crippen LogP contribution in [0, 0.1) is 5.82 Å². The maximum Gasteiger partial charge on any atom is 0.163 e. The van der Waals surface area contributed by atoms with E-state index < -0.39 is 11.9 Å². The summed E-state index contributed by atoms with van der Waals surface area (Å²) in [6.45, 7) is 4.12. The number of fused-ring (bicyclic) bond motifs is 1. The second-order valence-corrected chi connectivity index (χ2v) is 5.46. The lowest BCUT2D eigenvalue weighted by Crippen LogP contribution is -2.39. The topological polar surface area (TPSA) is 47.9 Å². The van der Waals surface area contributed by atoms with Gasteiger partial charge in [-0.1, -0.05) is 0 Å². The molecule has 0 bridgehead atoms. The fourth-order valence-corrected chi connectivity index (χ4v) is 2.57. The first-order chi connectivity index (χ1) is 8.94. The number of ether oxygens (including phenoxy) is 3. The Hall–Kier alpha value is -1.17. The Balaban J connectivity index is 1.80. The monoisotopic (exact) mass is 268 g/mol. The molecule has 1 fully saturated rings. The van der Waals surface area contributed by atoms with E-state index in [2.05, 4.69) is 0 Å². The summed E-state index contributed by atoms with van der Waals surface area (Å²) in [5.41, 5.74) is 0.495. The predicted molar refractivity (Wildman–Crippen MR) is 65.3 cm³/mol. The van der Waals surface area contributed by atoms with Gasteiger partial charge in [-0.25, -0.2) is 4.39 Å². The van der Waals surface area contributed by atoms with E-state index in [1.54, 1.807) is 6.07 Å². The molecule has 2 heterocycles. The Morgan fingerprint density at radius 2 is 2.11 bits per heavy atom. The van der Waals surface area contributed by atoms with Crippen LogP contribution in [0.5, 0.6) is 5.75 Å². The molecular weight excluding hydrogens is 251 g/mol. The molecule has 0 amide bonds. The Morgan fingerprint density at radius 1 is 1.32 bits per heavy atom. The molecular formula is C14H17FO4. The summed E-state index contributed by atoms with van der Waals surface area (Å²) in [6, 6.07) is 4.18. The number of rotatable bonds is 1. The molecule has 19 heavy (non-hydrogen) atoms. The Morgan fingerprint density at radius 3 is 2.79 bits per heavy atom. The third-order valence-corrected chi connectivity index (χ3v) is 3.51. The molecule has 104 valence electrons. The van der Waals surface area contributed by atoms with Crippen LogP contribution in [0.2, 0.25) is 0 Å². The molecule has 3 atom stereocenters. The normalized spacial score (nSPS) is 32.7. The summed E-state index contributed by atoms with van der Waals surface area (Å²) in [6.07, 6.45) is -0.866. The Kier molecular flexibility index (Phi) is 3.00. The van der Waals surface area contributed by atoms with Crippen molar-refractivity contribution in [2.45, 2.75) is 44.4 Å². The molecule has 2 aliphatic heterocycles. The third kappa shape index (κ3) is 2.45. The highest BCUT2D eigenvalue weighted by Gasteiger charge is 2.41. The van der Waals surface area contributed by atoms with Gasteiger partial charge in [0.1, 0.15) is 23.8 Å². The van der Waals surface area contributed by atoms with Crippen LogP contribution in [0.3, 0.4) is 0 Å². The van der Waals surface area contributed by atoms with E-state index >= 15 is 0 Å². The number of halogens is 1. The standard InChI is InChI=1S/C14H17FO4/c1-14(2)17-7-13(19-14)12-6-10(16)9-5-8(15)3-4-11(9)18-12/h3-5,10,12-13,16H,6-7H2,1-2H3/t10-,12-,13-/m0/s1. The van der Waals surface area contributed by atoms with E-state index in [1.807, 2.05) is 13.8 Å².